The quantitative estimate of drug-likeness (QED) is 0.819. The van der Waals surface area contributed by atoms with Gasteiger partial charge in [0.25, 0.3) is 0 Å². The van der Waals surface area contributed by atoms with Crippen LogP contribution in [0.3, 0.4) is 0 Å². The average molecular weight is 340 g/mol. The standard InChI is InChI=1S/C19H28N6/c1-4-14(2)6-5-7-15(3)16-12-22-18(24-10-8-21-9-11-24)19-23-17(20)13-25(16)19/h5-7,12-14,21H,4,8-11,20H2,1-3H3/b6-5-,15-7+/t14-/m1/s1. The summed E-state index contributed by atoms with van der Waals surface area (Å²) >= 11 is 0. The van der Waals surface area contributed by atoms with Crippen LogP contribution in [0.2, 0.25) is 0 Å². The topological polar surface area (TPSA) is 71.5 Å². The van der Waals surface area contributed by atoms with Gasteiger partial charge in [0.15, 0.2) is 11.5 Å². The smallest absolute Gasteiger partial charge is 0.182 e. The maximum Gasteiger partial charge on any atom is 0.182 e. The van der Waals surface area contributed by atoms with Crippen LogP contribution in [0.4, 0.5) is 11.6 Å². The highest BCUT2D eigenvalue weighted by molar-refractivity contribution is 5.72. The lowest BCUT2D eigenvalue weighted by molar-refractivity contribution is 0.585. The van der Waals surface area contributed by atoms with E-state index in [1.165, 1.54) is 0 Å². The molecule has 6 nitrogen and oxygen atoms in total. The van der Waals surface area contributed by atoms with Crippen LogP contribution in [0.15, 0.2) is 30.6 Å². The third-order valence-corrected chi connectivity index (χ3v) is 4.74. The minimum Gasteiger partial charge on any atom is -0.382 e. The molecule has 1 aliphatic heterocycles. The fourth-order valence-electron chi connectivity index (χ4n) is 2.98. The van der Waals surface area contributed by atoms with E-state index < -0.39 is 0 Å². The number of aromatic nitrogens is 3. The SMILES string of the molecule is CC[C@@H](C)/C=C\C=C(/C)c1cnc(N2CCNCC2)c2nc(N)cn12. The van der Waals surface area contributed by atoms with Gasteiger partial charge in [0.05, 0.1) is 18.1 Å². The molecule has 0 unspecified atom stereocenters. The Morgan fingerprint density at radius 1 is 1.40 bits per heavy atom. The molecule has 1 fully saturated rings. The van der Waals surface area contributed by atoms with E-state index in [1.54, 1.807) is 0 Å². The van der Waals surface area contributed by atoms with Crippen molar-refractivity contribution in [3.05, 3.63) is 36.3 Å². The summed E-state index contributed by atoms with van der Waals surface area (Å²) in [5, 5.41) is 3.37. The van der Waals surface area contributed by atoms with Gasteiger partial charge in [0.1, 0.15) is 5.82 Å². The molecule has 2 aromatic heterocycles. The van der Waals surface area contributed by atoms with Crippen molar-refractivity contribution in [3.63, 3.8) is 0 Å². The van der Waals surface area contributed by atoms with E-state index in [1.807, 2.05) is 12.4 Å². The van der Waals surface area contributed by atoms with E-state index in [4.69, 9.17) is 10.7 Å². The average Bonchev–Trinajstić information content (AvgIpc) is 3.02. The van der Waals surface area contributed by atoms with Crippen LogP contribution in [0.25, 0.3) is 11.2 Å². The van der Waals surface area contributed by atoms with Gasteiger partial charge in [-0.3, -0.25) is 4.40 Å². The van der Waals surface area contributed by atoms with E-state index in [9.17, 15) is 0 Å². The summed E-state index contributed by atoms with van der Waals surface area (Å²) in [6.45, 7) is 10.3. The maximum atomic E-state index is 5.99. The molecular formula is C19H28N6. The Kier molecular flexibility index (Phi) is 5.38. The van der Waals surface area contributed by atoms with Crippen LogP contribution in [-0.2, 0) is 0 Å². The molecule has 1 aliphatic rings. The molecule has 1 saturated heterocycles. The van der Waals surface area contributed by atoms with Crippen molar-refractivity contribution < 1.29 is 0 Å². The van der Waals surface area contributed by atoms with Gasteiger partial charge in [-0.2, -0.15) is 0 Å². The monoisotopic (exact) mass is 340 g/mol. The summed E-state index contributed by atoms with van der Waals surface area (Å²) in [4.78, 5) is 11.5. The maximum absolute atomic E-state index is 5.99. The lowest BCUT2D eigenvalue weighted by Crippen LogP contribution is -2.44. The van der Waals surface area contributed by atoms with Crippen molar-refractivity contribution >= 4 is 22.9 Å². The molecule has 0 aliphatic carbocycles. The molecule has 0 spiro atoms. The molecule has 2 aromatic rings. The normalized spacial score (nSPS) is 17.6. The number of nitrogens with zero attached hydrogens (tertiary/aromatic N) is 4. The fourth-order valence-corrected chi connectivity index (χ4v) is 2.98. The fraction of sp³-hybridized carbons (Fsp3) is 0.474. The zero-order chi connectivity index (χ0) is 17.8. The Morgan fingerprint density at radius 2 is 2.16 bits per heavy atom. The molecule has 3 N–H and O–H groups in total. The number of fused-ring (bicyclic) bond motifs is 1. The Bertz CT molecular complexity index is 783. The zero-order valence-corrected chi connectivity index (χ0v) is 15.4. The molecule has 3 heterocycles. The molecule has 25 heavy (non-hydrogen) atoms. The third kappa shape index (κ3) is 3.85. The molecule has 0 bridgehead atoms. The Labute approximate surface area is 149 Å². The number of piperazine rings is 1. The molecule has 3 rings (SSSR count). The summed E-state index contributed by atoms with van der Waals surface area (Å²) in [5.74, 6) is 2.01. The van der Waals surface area contributed by atoms with Crippen LogP contribution in [0.1, 0.15) is 32.9 Å². The highest BCUT2D eigenvalue weighted by Crippen LogP contribution is 2.24. The molecule has 0 radical (unpaired) electrons. The summed E-state index contributed by atoms with van der Waals surface area (Å²) in [5.41, 5.74) is 8.98. The minimum atomic E-state index is 0.522. The van der Waals surface area contributed by atoms with E-state index in [2.05, 4.69) is 58.6 Å². The van der Waals surface area contributed by atoms with Crippen molar-refractivity contribution in [1.82, 2.24) is 19.7 Å². The number of hydrogen-bond donors (Lipinski definition) is 2. The Morgan fingerprint density at radius 3 is 2.88 bits per heavy atom. The summed E-state index contributed by atoms with van der Waals surface area (Å²) < 4.78 is 2.06. The molecule has 1 atom stereocenters. The molecule has 6 heteroatoms. The van der Waals surface area contributed by atoms with Gasteiger partial charge >= 0.3 is 0 Å². The lowest BCUT2D eigenvalue weighted by Gasteiger charge is -2.28. The van der Waals surface area contributed by atoms with Crippen molar-refractivity contribution in [2.45, 2.75) is 27.2 Å². The first-order valence-electron chi connectivity index (χ1n) is 9.05. The van der Waals surface area contributed by atoms with E-state index in [-0.39, 0.29) is 0 Å². The van der Waals surface area contributed by atoms with Gasteiger partial charge in [-0.15, -0.1) is 0 Å². The molecular weight excluding hydrogens is 312 g/mol. The van der Waals surface area contributed by atoms with Gasteiger partial charge in [-0.1, -0.05) is 38.5 Å². The van der Waals surface area contributed by atoms with Gasteiger partial charge < -0.3 is 16.0 Å². The number of nitrogens with one attached hydrogen (secondary N) is 1. The zero-order valence-electron chi connectivity index (χ0n) is 15.4. The summed E-state index contributed by atoms with van der Waals surface area (Å²) in [6, 6.07) is 0. The first kappa shape index (κ1) is 17.5. The first-order valence-corrected chi connectivity index (χ1v) is 9.05. The molecule has 134 valence electrons. The van der Waals surface area contributed by atoms with E-state index >= 15 is 0 Å². The number of nitrogens with two attached hydrogens (primary N) is 1. The first-order chi connectivity index (χ1) is 12.1. The number of nitrogen functional groups attached to an aromatic ring is 1. The second-order valence-electron chi connectivity index (χ2n) is 6.68. The van der Waals surface area contributed by atoms with Crippen LogP contribution in [0, 0.1) is 5.92 Å². The van der Waals surface area contributed by atoms with Gasteiger partial charge in [0.2, 0.25) is 0 Å². The predicted octanol–water partition coefficient (Wildman–Crippen LogP) is 2.73. The van der Waals surface area contributed by atoms with Crippen molar-refractivity contribution in [3.8, 4) is 0 Å². The number of anilines is 2. The highest BCUT2D eigenvalue weighted by atomic mass is 15.3. The van der Waals surface area contributed by atoms with Gasteiger partial charge in [0, 0.05) is 26.2 Å². The number of hydrogen-bond acceptors (Lipinski definition) is 5. The molecule has 0 aromatic carbocycles. The third-order valence-electron chi connectivity index (χ3n) is 4.74. The molecule has 0 saturated carbocycles. The minimum absolute atomic E-state index is 0.522. The van der Waals surface area contributed by atoms with E-state index in [0.717, 1.165) is 55.3 Å². The van der Waals surface area contributed by atoms with E-state index in [0.29, 0.717) is 11.7 Å². The number of allylic oxidation sites excluding steroid dienone is 4. The van der Waals surface area contributed by atoms with Crippen molar-refractivity contribution in [2.24, 2.45) is 5.92 Å². The summed E-state index contributed by atoms with van der Waals surface area (Å²) in [6.07, 6.45) is 11.4. The second-order valence-corrected chi connectivity index (χ2v) is 6.68. The van der Waals surface area contributed by atoms with Gasteiger partial charge in [-0.25, -0.2) is 9.97 Å². The van der Waals surface area contributed by atoms with Gasteiger partial charge in [-0.05, 0) is 18.4 Å². The predicted molar refractivity (Wildman–Crippen MR) is 105 cm³/mol. The molecule has 0 amide bonds. The number of rotatable bonds is 5. The van der Waals surface area contributed by atoms with Crippen LogP contribution >= 0.6 is 0 Å². The van der Waals surface area contributed by atoms with Crippen molar-refractivity contribution in [2.75, 3.05) is 36.8 Å². The largest absolute Gasteiger partial charge is 0.382 e. The lowest BCUT2D eigenvalue weighted by atomic mass is 10.1. The second kappa shape index (κ2) is 7.70. The van der Waals surface area contributed by atoms with Crippen LogP contribution < -0.4 is 16.0 Å². The highest BCUT2D eigenvalue weighted by Gasteiger charge is 2.18. The van der Waals surface area contributed by atoms with Crippen LogP contribution in [0.5, 0.6) is 0 Å². The summed E-state index contributed by atoms with van der Waals surface area (Å²) in [7, 11) is 0. The van der Waals surface area contributed by atoms with Crippen molar-refractivity contribution in [1.29, 1.82) is 0 Å². The number of imidazole rings is 1. The van der Waals surface area contributed by atoms with Crippen LogP contribution in [-0.4, -0.2) is 40.5 Å². The Hall–Kier alpha value is -2.34. The Balaban J connectivity index is 1.97.